The first-order valence-electron chi connectivity index (χ1n) is 5.37. The second-order valence-corrected chi connectivity index (χ2v) is 4.23. The number of likely N-dealkylation sites (N-methyl/N-ethyl adjacent to an activating group) is 1. The zero-order valence-electron chi connectivity index (χ0n) is 10.0. The molecule has 0 aliphatic carbocycles. The highest BCUT2D eigenvalue weighted by Crippen LogP contribution is 2.15. The van der Waals surface area contributed by atoms with Gasteiger partial charge in [-0.05, 0) is 32.1 Å². The van der Waals surface area contributed by atoms with E-state index in [0.717, 1.165) is 11.3 Å². The summed E-state index contributed by atoms with van der Waals surface area (Å²) in [5.41, 5.74) is 2.44. The van der Waals surface area contributed by atoms with Crippen molar-refractivity contribution in [2.75, 3.05) is 6.54 Å². The van der Waals surface area contributed by atoms with E-state index in [4.69, 9.17) is 12.2 Å². The Labute approximate surface area is 105 Å². The molecule has 0 unspecified atom stereocenters. The summed E-state index contributed by atoms with van der Waals surface area (Å²) in [5.74, 6) is -0.0826. The highest BCUT2D eigenvalue weighted by Gasteiger charge is 2.29. The largest absolute Gasteiger partial charge is 0.328 e. The Bertz CT molecular complexity index is 518. The predicted octanol–water partition coefficient (Wildman–Crippen LogP) is 0.806. The van der Waals surface area contributed by atoms with Gasteiger partial charge in [0.1, 0.15) is 5.70 Å². The summed E-state index contributed by atoms with van der Waals surface area (Å²) in [4.78, 5) is 13.5. The van der Waals surface area contributed by atoms with Crippen LogP contribution in [0.15, 0.2) is 11.9 Å². The molecule has 90 valence electrons. The first kappa shape index (κ1) is 11.8. The number of rotatable bonds is 2. The minimum absolute atomic E-state index is 0.0826. The minimum Gasteiger partial charge on any atom is -0.328 e. The molecule has 0 aromatic carbocycles. The van der Waals surface area contributed by atoms with Crippen molar-refractivity contribution < 1.29 is 4.79 Å². The number of carbonyl (C=O) groups excluding carboxylic acids is 1. The van der Waals surface area contributed by atoms with Gasteiger partial charge in [0, 0.05) is 24.8 Å². The molecule has 2 heterocycles. The van der Waals surface area contributed by atoms with Gasteiger partial charge in [-0.1, -0.05) is 0 Å². The number of hydrogen-bond acceptors (Lipinski definition) is 3. The summed E-state index contributed by atoms with van der Waals surface area (Å²) in [6.45, 7) is 4.42. The zero-order chi connectivity index (χ0) is 12.6. The molecule has 1 aliphatic heterocycles. The lowest BCUT2D eigenvalue weighted by Gasteiger charge is -2.08. The van der Waals surface area contributed by atoms with Gasteiger partial charge in [-0.15, -0.1) is 0 Å². The van der Waals surface area contributed by atoms with Crippen molar-refractivity contribution in [3.63, 3.8) is 0 Å². The summed E-state index contributed by atoms with van der Waals surface area (Å²) < 4.78 is 1.77. The third-order valence-electron chi connectivity index (χ3n) is 2.85. The Hall–Kier alpha value is -1.69. The van der Waals surface area contributed by atoms with Crippen LogP contribution in [0.25, 0.3) is 6.08 Å². The summed E-state index contributed by atoms with van der Waals surface area (Å²) >= 11 is 5.08. The molecule has 0 atom stereocenters. The zero-order valence-corrected chi connectivity index (χ0v) is 10.8. The fraction of sp³-hybridized carbons (Fsp3) is 0.364. The Kier molecular flexibility index (Phi) is 2.97. The van der Waals surface area contributed by atoms with Crippen molar-refractivity contribution in [1.29, 1.82) is 0 Å². The number of aryl methyl sites for hydroxylation is 1. The van der Waals surface area contributed by atoms with E-state index in [1.165, 1.54) is 4.90 Å². The number of carbonyl (C=O) groups is 1. The molecule has 17 heavy (non-hydrogen) atoms. The maximum absolute atomic E-state index is 11.9. The maximum Gasteiger partial charge on any atom is 0.276 e. The molecule has 1 N–H and O–H groups in total. The molecule has 1 amide bonds. The molecule has 1 fully saturated rings. The average Bonchev–Trinajstić information content (AvgIpc) is 2.74. The number of nitrogens with zero attached hydrogens (tertiary/aromatic N) is 3. The van der Waals surface area contributed by atoms with Crippen LogP contribution in [0.2, 0.25) is 0 Å². The molecule has 1 aliphatic rings. The molecule has 5 nitrogen and oxygen atoms in total. The van der Waals surface area contributed by atoms with Crippen LogP contribution in [0.1, 0.15) is 18.2 Å². The van der Waals surface area contributed by atoms with Crippen LogP contribution < -0.4 is 5.32 Å². The number of amides is 1. The topological polar surface area (TPSA) is 50.2 Å². The number of thiocarbonyl (C=S) groups is 1. The monoisotopic (exact) mass is 250 g/mol. The van der Waals surface area contributed by atoms with Crippen LogP contribution in [-0.2, 0) is 11.8 Å². The van der Waals surface area contributed by atoms with Gasteiger partial charge in [0.15, 0.2) is 5.11 Å². The average molecular weight is 250 g/mol. The molecule has 1 aromatic rings. The smallest absolute Gasteiger partial charge is 0.276 e. The van der Waals surface area contributed by atoms with E-state index in [9.17, 15) is 4.79 Å². The Morgan fingerprint density at radius 3 is 2.76 bits per heavy atom. The van der Waals surface area contributed by atoms with Gasteiger partial charge in [0.2, 0.25) is 0 Å². The van der Waals surface area contributed by atoms with E-state index < -0.39 is 0 Å². The van der Waals surface area contributed by atoms with Crippen LogP contribution in [-0.4, -0.2) is 32.2 Å². The van der Waals surface area contributed by atoms with Gasteiger partial charge in [-0.3, -0.25) is 14.4 Å². The first-order valence-corrected chi connectivity index (χ1v) is 5.78. The number of aromatic nitrogens is 2. The van der Waals surface area contributed by atoms with E-state index in [1.807, 2.05) is 20.9 Å². The lowest BCUT2D eigenvalue weighted by molar-refractivity contribution is -0.122. The highest BCUT2D eigenvalue weighted by atomic mass is 32.1. The molecule has 1 aromatic heterocycles. The van der Waals surface area contributed by atoms with Gasteiger partial charge in [-0.2, -0.15) is 5.10 Å². The summed E-state index contributed by atoms with van der Waals surface area (Å²) in [5, 5.41) is 7.51. The minimum atomic E-state index is -0.0826. The standard InChI is InChI=1S/C11H14N4OS/c1-4-15-10(16)9(13-11(15)17)5-8-6-12-14(3)7(8)2/h5-6H,4H2,1-3H3,(H,13,17)/b9-5-. The van der Waals surface area contributed by atoms with Crippen molar-refractivity contribution >= 4 is 29.3 Å². The van der Waals surface area contributed by atoms with Crippen LogP contribution in [0.5, 0.6) is 0 Å². The third-order valence-corrected chi connectivity index (χ3v) is 3.17. The van der Waals surface area contributed by atoms with Crippen molar-refractivity contribution in [1.82, 2.24) is 20.0 Å². The van der Waals surface area contributed by atoms with Gasteiger partial charge in [-0.25, -0.2) is 0 Å². The Morgan fingerprint density at radius 2 is 2.29 bits per heavy atom. The number of hydrogen-bond donors (Lipinski definition) is 1. The summed E-state index contributed by atoms with van der Waals surface area (Å²) in [6, 6.07) is 0. The van der Waals surface area contributed by atoms with Gasteiger partial charge in [0.25, 0.3) is 5.91 Å². The summed E-state index contributed by atoms with van der Waals surface area (Å²) in [6.07, 6.45) is 3.52. The molecule has 0 saturated carbocycles. The van der Waals surface area contributed by atoms with Crippen LogP contribution >= 0.6 is 12.2 Å². The molecule has 0 bridgehead atoms. The lowest BCUT2D eigenvalue weighted by atomic mass is 10.2. The van der Waals surface area contributed by atoms with Gasteiger partial charge < -0.3 is 5.32 Å². The SMILES string of the molecule is CCN1C(=O)/C(=C/c2cnn(C)c2C)NC1=S. The van der Waals surface area contributed by atoms with E-state index >= 15 is 0 Å². The molecule has 2 rings (SSSR count). The molecule has 0 radical (unpaired) electrons. The van der Waals surface area contributed by atoms with Crippen LogP contribution in [0, 0.1) is 6.92 Å². The van der Waals surface area contributed by atoms with E-state index in [0.29, 0.717) is 17.4 Å². The molecular weight excluding hydrogens is 236 g/mol. The van der Waals surface area contributed by atoms with Crippen molar-refractivity contribution in [3.8, 4) is 0 Å². The Morgan fingerprint density at radius 1 is 1.59 bits per heavy atom. The maximum atomic E-state index is 11.9. The van der Waals surface area contributed by atoms with Crippen molar-refractivity contribution in [3.05, 3.63) is 23.2 Å². The van der Waals surface area contributed by atoms with Gasteiger partial charge in [0.05, 0.1) is 6.20 Å². The normalized spacial score (nSPS) is 18.1. The third kappa shape index (κ3) is 1.95. The van der Waals surface area contributed by atoms with Crippen LogP contribution in [0.3, 0.4) is 0 Å². The fourth-order valence-corrected chi connectivity index (χ4v) is 1.99. The highest BCUT2D eigenvalue weighted by molar-refractivity contribution is 7.80. The lowest BCUT2D eigenvalue weighted by Crippen LogP contribution is -2.30. The fourth-order valence-electron chi connectivity index (χ4n) is 1.67. The second kappa shape index (κ2) is 4.29. The second-order valence-electron chi connectivity index (χ2n) is 3.85. The molecule has 0 spiro atoms. The van der Waals surface area contributed by atoms with Gasteiger partial charge >= 0.3 is 0 Å². The Balaban J connectivity index is 2.33. The summed E-state index contributed by atoms with van der Waals surface area (Å²) in [7, 11) is 1.87. The molecular formula is C11H14N4OS. The molecule has 6 heteroatoms. The van der Waals surface area contributed by atoms with Crippen molar-refractivity contribution in [2.24, 2.45) is 7.05 Å². The first-order chi connectivity index (χ1) is 8.04. The molecule has 1 saturated heterocycles. The van der Waals surface area contributed by atoms with E-state index in [2.05, 4.69) is 10.4 Å². The number of nitrogens with one attached hydrogen (secondary N) is 1. The van der Waals surface area contributed by atoms with E-state index in [-0.39, 0.29) is 5.91 Å². The predicted molar refractivity (Wildman–Crippen MR) is 69.0 cm³/mol. The van der Waals surface area contributed by atoms with Crippen molar-refractivity contribution in [2.45, 2.75) is 13.8 Å². The van der Waals surface area contributed by atoms with Crippen LogP contribution in [0.4, 0.5) is 0 Å². The quantitative estimate of drug-likeness (QED) is 0.623. The van der Waals surface area contributed by atoms with E-state index in [1.54, 1.807) is 17.0 Å².